The van der Waals surface area contributed by atoms with Gasteiger partial charge in [-0.2, -0.15) is 16.9 Å². The van der Waals surface area contributed by atoms with E-state index >= 15 is 0 Å². The molecule has 1 saturated carbocycles. The Hall–Kier alpha value is -1.17. The first-order chi connectivity index (χ1) is 8.63. The number of nitrogen functional groups attached to an aromatic ring is 1. The summed E-state index contributed by atoms with van der Waals surface area (Å²) in [5.41, 5.74) is 5.75. The maximum absolute atomic E-state index is 11.3. The highest BCUT2D eigenvalue weighted by molar-refractivity contribution is 7.99. The summed E-state index contributed by atoms with van der Waals surface area (Å²) < 4.78 is 6.58. The van der Waals surface area contributed by atoms with E-state index in [2.05, 4.69) is 5.10 Å². The number of methoxy groups -OCH3 is 1. The quantitative estimate of drug-likeness (QED) is 0.600. The summed E-state index contributed by atoms with van der Waals surface area (Å²) in [7, 11) is 1.45. The molecule has 0 spiro atoms. The van der Waals surface area contributed by atoms with E-state index in [9.17, 15) is 4.79 Å². The second-order valence-electron chi connectivity index (χ2n) is 4.81. The van der Waals surface area contributed by atoms with E-state index in [4.69, 9.17) is 10.5 Å². The lowest BCUT2D eigenvalue weighted by molar-refractivity contribution is -0.141. The van der Waals surface area contributed by atoms with E-state index in [-0.39, 0.29) is 11.4 Å². The van der Waals surface area contributed by atoms with Crippen molar-refractivity contribution in [3.05, 3.63) is 12.3 Å². The first-order valence-electron chi connectivity index (χ1n) is 6.07. The number of anilines is 1. The van der Waals surface area contributed by atoms with E-state index in [1.807, 2.05) is 22.6 Å². The van der Waals surface area contributed by atoms with Crippen molar-refractivity contribution >= 4 is 23.5 Å². The first kappa shape index (κ1) is 13.3. The number of esters is 1. The third kappa shape index (κ3) is 3.66. The summed E-state index contributed by atoms with van der Waals surface area (Å²) in [6.07, 6.45) is 4.73. The van der Waals surface area contributed by atoms with Crippen molar-refractivity contribution in [1.82, 2.24) is 9.78 Å². The lowest BCUT2D eigenvalue weighted by Gasteiger charge is -2.12. The first-order valence-corrected chi connectivity index (χ1v) is 7.23. The molecule has 1 fully saturated rings. The van der Waals surface area contributed by atoms with Gasteiger partial charge in [0.1, 0.15) is 5.82 Å². The summed E-state index contributed by atoms with van der Waals surface area (Å²) in [4.78, 5) is 11.3. The molecular weight excluding hydrogens is 250 g/mol. The number of carbonyl (C=O) groups excluding carboxylic acids is 1. The van der Waals surface area contributed by atoms with Gasteiger partial charge in [0.25, 0.3) is 0 Å². The molecule has 0 atom stereocenters. The molecular formula is C12H19N3O2S. The number of rotatable bonds is 7. The fourth-order valence-corrected chi connectivity index (χ4v) is 3.16. The minimum atomic E-state index is -0.0899. The molecule has 0 aliphatic heterocycles. The predicted octanol–water partition coefficient (Wildman–Crippen LogP) is 1.54. The van der Waals surface area contributed by atoms with Crippen LogP contribution in [-0.4, -0.2) is 34.4 Å². The van der Waals surface area contributed by atoms with Crippen molar-refractivity contribution in [1.29, 1.82) is 0 Å². The number of aromatic nitrogens is 2. The van der Waals surface area contributed by atoms with Crippen molar-refractivity contribution in [2.24, 2.45) is 5.41 Å². The van der Waals surface area contributed by atoms with E-state index in [0.29, 0.717) is 12.2 Å². The van der Waals surface area contributed by atoms with Crippen molar-refractivity contribution < 1.29 is 9.53 Å². The van der Waals surface area contributed by atoms with Gasteiger partial charge >= 0.3 is 5.97 Å². The molecule has 0 unspecified atom stereocenters. The standard InChI is InChI=1S/C12H19N3O2S/c1-17-11(16)8-12(3-4-12)9-18-7-6-15-5-2-10(13)14-15/h2,5H,3-4,6-9H2,1H3,(H2,13,14). The monoisotopic (exact) mass is 269 g/mol. The zero-order chi connectivity index (χ0) is 13.0. The summed E-state index contributed by atoms with van der Waals surface area (Å²) in [5, 5.41) is 4.13. The number of ether oxygens (including phenoxy) is 1. The van der Waals surface area contributed by atoms with E-state index in [1.165, 1.54) is 7.11 Å². The summed E-state index contributed by atoms with van der Waals surface area (Å²) in [5.74, 6) is 2.49. The van der Waals surface area contributed by atoms with Crippen LogP contribution in [0.4, 0.5) is 5.82 Å². The predicted molar refractivity (Wildman–Crippen MR) is 72.3 cm³/mol. The topological polar surface area (TPSA) is 70.1 Å². The number of nitrogens with two attached hydrogens (primary N) is 1. The van der Waals surface area contributed by atoms with Gasteiger partial charge in [0.2, 0.25) is 0 Å². The third-order valence-corrected chi connectivity index (χ3v) is 4.53. The zero-order valence-electron chi connectivity index (χ0n) is 10.6. The van der Waals surface area contributed by atoms with Crippen LogP contribution in [-0.2, 0) is 16.1 Å². The molecule has 6 heteroatoms. The van der Waals surface area contributed by atoms with Gasteiger partial charge in [-0.1, -0.05) is 0 Å². The normalized spacial score (nSPS) is 16.5. The average molecular weight is 269 g/mol. The molecule has 0 bridgehead atoms. The molecule has 2 rings (SSSR count). The van der Waals surface area contributed by atoms with E-state index in [0.717, 1.165) is 30.9 Å². The third-order valence-electron chi connectivity index (χ3n) is 3.24. The maximum Gasteiger partial charge on any atom is 0.306 e. The molecule has 100 valence electrons. The van der Waals surface area contributed by atoms with Gasteiger partial charge in [-0.25, -0.2) is 0 Å². The molecule has 1 aromatic heterocycles. The minimum Gasteiger partial charge on any atom is -0.469 e. The van der Waals surface area contributed by atoms with Gasteiger partial charge in [0.15, 0.2) is 0 Å². The van der Waals surface area contributed by atoms with Crippen LogP contribution in [0.25, 0.3) is 0 Å². The van der Waals surface area contributed by atoms with Crippen LogP contribution in [0.15, 0.2) is 12.3 Å². The molecule has 2 N–H and O–H groups in total. The van der Waals surface area contributed by atoms with Crippen LogP contribution >= 0.6 is 11.8 Å². The van der Waals surface area contributed by atoms with Crippen LogP contribution in [0.3, 0.4) is 0 Å². The second-order valence-corrected chi connectivity index (χ2v) is 5.91. The Bertz CT molecular complexity index is 415. The fourth-order valence-electron chi connectivity index (χ4n) is 1.88. The number of nitrogens with zero attached hydrogens (tertiary/aromatic N) is 2. The van der Waals surface area contributed by atoms with Crippen LogP contribution in [0.5, 0.6) is 0 Å². The Morgan fingerprint density at radius 2 is 2.44 bits per heavy atom. The van der Waals surface area contributed by atoms with Crippen LogP contribution < -0.4 is 5.73 Å². The number of aryl methyl sites for hydroxylation is 1. The van der Waals surface area contributed by atoms with Gasteiger partial charge in [-0.15, -0.1) is 0 Å². The number of carbonyl (C=O) groups is 1. The van der Waals surface area contributed by atoms with Crippen molar-refractivity contribution in [2.45, 2.75) is 25.8 Å². The molecule has 18 heavy (non-hydrogen) atoms. The fraction of sp³-hybridized carbons (Fsp3) is 0.667. The smallest absolute Gasteiger partial charge is 0.306 e. The van der Waals surface area contributed by atoms with Crippen molar-refractivity contribution in [2.75, 3.05) is 24.3 Å². The van der Waals surface area contributed by atoms with Gasteiger partial charge in [-0.05, 0) is 30.1 Å². The van der Waals surface area contributed by atoms with E-state index in [1.54, 1.807) is 6.07 Å². The Kier molecular flexibility index (Phi) is 4.16. The molecule has 0 amide bonds. The molecule has 1 heterocycles. The van der Waals surface area contributed by atoms with Crippen LogP contribution in [0, 0.1) is 5.41 Å². The van der Waals surface area contributed by atoms with Gasteiger partial charge in [0.05, 0.1) is 20.1 Å². The Labute approximate surface area is 111 Å². The summed E-state index contributed by atoms with van der Waals surface area (Å²) in [6.45, 7) is 0.857. The molecule has 1 aromatic rings. The van der Waals surface area contributed by atoms with Crippen molar-refractivity contribution in [3.63, 3.8) is 0 Å². The highest BCUT2D eigenvalue weighted by atomic mass is 32.2. The van der Waals surface area contributed by atoms with Gasteiger partial charge < -0.3 is 10.5 Å². The highest BCUT2D eigenvalue weighted by Crippen LogP contribution is 2.51. The lowest BCUT2D eigenvalue weighted by Crippen LogP contribution is -2.14. The summed E-state index contributed by atoms with van der Waals surface area (Å²) in [6, 6.07) is 1.80. The van der Waals surface area contributed by atoms with E-state index < -0.39 is 0 Å². The molecule has 0 radical (unpaired) electrons. The zero-order valence-corrected chi connectivity index (χ0v) is 11.4. The number of hydrogen-bond acceptors (Lipinski definition) is 5. The minimum absolute atomic E-state index is 0.0899. The van der Waals surface area contributed by atoms with Crippen LogP contribution in [0.1, 0.15) is 19.3 Å². The average Bonchev–Trinajstić information content (AvgIpc) is 2.98. The SMILES string of the molecule is COC(=O)CC1(CSCCn2ccc(N)n2)CC1. The van der Waals surface area contributed by atoms with Gasteiger partial charge in [0, 0.05) is 11.9 Å². The largest absolute Gasteiger partial charge is 0.469 e. The lowest BCUT2D eigenvalue weighted by atomic mass is 10.1. The highest BCUT2D eigenvalue weighted by Gasteiger charge is 2.44. The molecule has 1 aliphatic rings. The summed E-state index contributed by atoms with van der Waals surface area (Å²) >= 11 is 1.87. The second kappa shape index (κ2) is 5.65. The molecule has 0 aromatic carbocycles. The number of thioether (sulfide) groups is 1. The van der Waals surface area contributed by atoms with Crippen LogP contribution in [0.2, 0.25) is 0 Å². The molecule has 1 aliphatic carbocycles. The Morgan fingerprint density at radius 1 is 1.67 bits per heavy atom. The van der Waals surface area contributed by atoms with Crippen molar-refractivity contribution in [3.8, 4) is 0 Å². The number of hydrogen-bond donors (Lipinski definition) is 1. The maximum atomic E-state index is 11.3. The molecule has 5 nitrogen and oxygen atoms in total. The van der Waals surface area contributed by atoms with Gasteiger partial charge in [-0.3, -0.25) is 9.48 Å². The Balaban J connectivity index is 1.65. The molecule has 0 saturated heterocycles. The Morgan fingerprint density at radius 3 is 3.00 bits per heavy atom.